The van der Waals surface area contributed by atoms with Crippen LogP contribution in [0, 0.1) is 5.82 Å². The maximum atomic E-state index is 13.2. The zero-order valence-corrected chi connectivity index (χ0v) is 18.9. The molecule has 1 aliphatic rings. The zero-order chi connectivity index (χ0) is 25.2. The molecule has 0 saturated carbocycles. The summed E-state index contributed by atoms with van der Waals surface area (Å²) in [6, 6.07) is 11.1. The summed E-state index contributed by atoms with van der Waals surface area (Å²) < 4.78 is 78.4. The molecule has 1 amide bonds. The second-order valence-corrected chi connectivity index (χ2v) is 9.63. The average molecular weight is 505 g/mol. The molecule has 11 heteroatoms. The Bertz CT molecular complexity index is 1360. The van der Waals surface area contributed by atoms with Crippen LogP contribution in [0.15, 0.2) is 83.9 Å². The van der Waals surface area contributed by atoms with E-state index >= 15 is 0 Å². The summed E-state index contributed by atoms with van der Waals surface area (Å²) in [4.78, 5) is 16.8. The van der Waals surface area contributed by atoms with E-state index in [4.69, 9.17) is 0 Å². The minimum atomic E-state index is -4.44. The summed E-state index contributed by atoms with van der Waals surface area (Å²) >= 11 is 0. The van der Waals surface area contributed by atoms with Gasteiger partial charge in [-0.2, -0.15) is 17.5 Å². The van der Waals surface area contributed by atoms with E-state index in [2.05, 4.69) is 10.3 Å². The predicted molar refractivity (Wildman–Crippen MR) is 120 cm³/mol. The second kappa shape index (κ2) is 9.59. The Balaban J connectivity index is 1.45. The number of sulfonamides is 1. The smallest absolute Gasteiger partial charge is 0.350 e. The molecule has 0 bridgehead atoms. The van der Waals surface area contributed by atoms with E-state index in [1.807, 2.05) is 0 Å². The van der Waals surface area contributed by atoms with E-state index in [1.165, 1.54) is 24.4 Å². The van der Waals surface area contributed by atoms with Gasteiger partial charge in [0.2, 0.25) is 15.9 Å². The van der Waals surface area contributed by atoms with Crippen molar-refractivity contribution in [2.24, 2.45) is 0 Å². The number of amides is 1. The highest BCUT2D eigenvalue weighted by Crippen LogP contribution is 2.30. The number of carbonyl (C=O) groups excluding carboxylic acids is 1. The highest BCUT2D eigenvalue weighted by atomic mass is 32.2. The Morgan fingerprint density at radius 1 is 1.06 bits per heavy atom. The number of rotatable bonds is 6. The van der Waals surface area contributed by atoms with E-state index in [1.54, 1.807) is 18.2 Å². The van der Waals surface area contributed by atoms with Crippen LogP contribution in [0.5, 0.6) is 0 Å². The number of hydrogen-bond donors (Lipinski definition) is 1. The minimum absolute atomic E-state index is 0.00881. The van der Waals surface area contributed by atoms with Gasteiger partial charge in [0.15, 0.2) is 0 Å². The molecule has 6 nitrogen and oxygen atoms in total. The van der Waals surface area contributed by atoms with Gasteiger partial charge >= 0.3 is 6.18 Å². The summed E-state index contributed by atoms with van der Waals surface area (Å²) in [6.45, 7) is 0.0366. The maximum absolute atomic E-state index is 13.2. The van der Waals surface area contributed by atoms with Gasteiger partial charge in [-0.05, 0) is 54.1 Å². The van der Waals surface area contributed by atoms with Crippen molar-refractivity contribution in [1.82, 2.24) is 14.6 Å². The van der Waals surface area contributed by atoms with Crippen LogP contribution in [0.3, 0.4) is 0 Å². The third-order valence-corrected chi connectivity index (χ3v) is 7.26. The Labute approximate surface area is 199 Å². The molecule has 1 aromatic heterocycles. The lowest BCUT2D eigenvalue weighted by Crippen LogP contribution is -2.45. The molecule has 1 aliphatic heterocycles. The van der Waals surface area contributed by atoms with Crippen LogP contribution >= 0.6 is 0 Å². The van der Waals surface area contributed by atoms with E-state index in [0.717, 1.165) is 40.7 Å². The minimum Gasteiger partial charge on any atom is -0.350 e. The number of pyridine rings is 1. The standard InChI is InChI=1S/C24H19F4N3O3S/c25-19-7-9-20(10-8-19)35(33,34)31-13-1-2-22(31)23(32)30-15-16-11-12-29-21(14-16)17-3-5-18(6-4-17)24(26,27)28/h1-12,14,22H,13,15H2,(H,30,32). The summed E-state index contributed by atoms with van der Waals surface area (Å²) in [6.07, 6.45) is 0.0527. The number of alkyl halides is 3. The molecule has 1 atom stereocenters. The molecule has 0 radical (unpaired) electrons. The lowest BCUT2D eigenvalue weighted by molar-refractivity contribution is -0.137. The Morgan fingerprint density at radius 2 is 1.74 bits per heavy atom. The first-order valence-electron chi connectivity index (χ1n) is 10.4. The number of benzene rings is 2. The van der Waals surface area contributed by atoms with Crippen molar-refractivity contribution in [2.45, 2.75) is 23.7 Å². The van der Waals surface area contributed by atoms with Gasteiger partial charge in [-0.25, -0.2) is 12.8 Å². The van der Waals surface area contributed by atoms with Crippen molar-refractivity contribution < 1.29 is 30.8 Å². The fraction of sp³-hybridized carbons (Fsp3) is 0.167. The topological polar surface area (TPSA) is 79.4 Å². The van der Waals surface area contributed by atoms with E-state index in [-0.39, 0.29) is 18.0 Å². The van der Waals surface area contributed by atoms with Gasteiger partial charge < -0.3 is 5.32 Å². The second-order valence-electron chi connectivity index (χ2n) is 7.74. The van der Waals surface area contributed by atoms with Crippen LogP contribution in [0.2, 0.25) is 0 Å². The van der Waals surface area contributed by atoms with Crippen molar-refractivity contribution in [3.8, 4) is 11.3 Å². The van der Waals surface area contributed by atoms with Gasteiger partial charge in [0.1, 0.15) is 11.9 Å². The third kappa shape index (κ3) is 5.41. The largest absolute Gasteiger partial charge is 0.416 e. The Kier molecular flexibility index (Phi) is 6.73. The lowest BCUT2D eigenvalue weighted by Gasteiger charge is -2.23. The van der Waals surface area contributed by atoms with Gasteiger partial charge in [0.05, 0.1) is 16.2 Å². The van der Waals surface area contributed by atoms with Gasteiger partial charge in [-0.3, -0.25) is 9.78 Å². The summed E-state index contributed by atoms with van der Waals surface area (Å²) in [5, 5.41) is 2.68. The molecule has 2 aromatic carbocycles. The van der Waals surface area contributed by atoms with Crippen LogP contribution in [-0.2, 0) is 27.5 Å². The molecule has 0 fully saturated rings. The average Bonchev–Trinajstić information content (AvgIpc) is 3.34. The molecule has 1 N–H and O–H groups in total. The van der Waals surface area contributed by atoms with Crippen molar-refractivity contribution in [3.05, 3.63) is 96.0 Å². The first kappa shape index (κ1) is 24.6. The van der Waals surface area contributed by atoms with Crippen molar-refractivity contribution in [1.29, 1.82) is 0 Å². The molecule has 182 valence electrons. The quantitative estimate of drug-likeness (QED) is 0.403. The molecule has 0 spiro atoms. The molecule has 3 aromatic rings. The molecule has 2 heterocycles. The molecule has 4 rings (SSSR count). The molecule has 0 aliphatic carbocycles. The zero-order valence-electron chi connectivity index (χ0n) is 18.0. The summed E-state index contributed by atoms with van der Waals surface area (Å²) in [7, 11) is -4.04. The van der Waals surface area contributed by atoms with E-state index < -0.39 is 39.5 Å². The number of halogens is 4. The highest BCUT2D eigenvalue weighted by molar-refractivity contribution is 7.89. The van der Waals surface area contributed by atoms with Gasteiger partial charge in [0.25, 0.3) is 0 Å². The van der Waals surface area contributed by atoms with Gasteiger partial charge in [0, 0.05) is 24.8 Å². The fourth-order valence-electron chi connectivity index (χ4n) is 3.58. The number of nitrogens with one attached hydrogen (secondary N) is 1. The first-order valence-corrected chi connectivity index (χ1v) is 11.8. The number of aromatic nitrogens is 1. The van der Waals surface area contributed by atoms with Crippen LogP contribution in [-0.4, -0.2) is 36.2 Å². The maximum Gasteiger partial charge on any atom is 0.416 e. The number of nitrogens with zero attached hydrogens (tertiary/aromatic N) is 2. The third-order valence-electron chi connectivity index (χ3n) is 5.40. The monoisotopic (exact) mass is 505 g/mol. The SMILES string of the molecule is O=C(NCc1ccnc(-c2ccc(C(F)(F)F)cc2)c1)C1C=CCN1S(=O)(=O)c1ccc(F)cc1. The van der Waals surface area contributed by atoms with E-state index in [0.29, 0.717) is 16.8 Å². The fourth-order valence-corrected chi connectivity index (χ4v) is 5.07. The van der Waals surface area contributed by atoms with E-state index in [9.17, 15) is 30.8 Å². The molecule has 35 heavy (non-hydrogen) atoms. The van der Waals surface area contributed by atoms with Crippen molar-refractivity contribution >= 4 is 15.9 Å². The van der Waals surface area contributed by atoms with Crippen LogP contribution in [0.25, 0.3) is 11.3 Å². The highest BCUT2D eigenvalue weighted by Gasteiger charge is 2.36. The van der Waals surface area contributed by atoms with Crippen LogP contribution in [0.4, 0.5) is 17.6 Å². The Morgan fingerprint density at radius 3 is 2.40 bits per heavy atom. The molecular weight excluding hydrogens is 486 g/mol. The lowest BCUT2D eigenvalue weighted by atomic mass is 10.1. The molecular formula is C24H19F4N3O3S. The molecule has 1 unspecified atom stereocenters. The first-order chi connectivity index (χ1) is 16.6. The summed E-state index contributed by atoms with van der Waals surface area (Å²) in [5.74, 6) is -1.14. The normalized spacial score (nSPS) is 16.4. The van der Waals surface area contributed by atoms with Crippen LogP contribution < -0.4 is 5.32 Å². The Hall–Kier alpha value is -3.57. The van der Waals surface area contributed by atoms with Crippen molar-refractivity contribution in [3.63, 3.8) is 0 Å². The van der Waals surface area contributed by atoms with Gasteiger partial charge in [-0.1, -0.05) is 24.3 Å². The number of carbonyl (C=O) groups is 1. The summed E-state index contributed by atoms with van der Waals surface area (Å²) in [5.41, 5.74) is 0.751. The van der Waals surface area contributed by atoms with Crippen LogP contribution in [0.1, 0.15) is 11.1 Å². The number of hydrogen-bond acceptors (Lipinski definition) is 4. The van der Waals surface area contributed by atoms with Crippen molar-refractivity contribution in [2.75, 3.05) is 6.54 Å². The molecule has 0 saturated heterocycles. The predicted octanol–water partition coefficient (Wildman–Crippen LogP) is 4.15. The van der Waals surface area contributed by atoms with Gasteiger partial charge in [-0.15, -0.1) is 0 Å².